The molecule has 0 radical (unpaired) electrons. The average Bonchev–Trinajstić information content (AvgIpc) is 3.83. The Morgan fingerprint density at radius 2 is 1.82 bits per heavy atom. The van der Waals surface area contributed by atoms with E-state index in [4.69, 9.17) is 14.2 Å². The van der Waals surface area contributed by atoms with Gasteiger partial charge in [0.15, 0.2) is 0 Å². The highest BCUT2D eigenvalue weighted by Crippen LogP contribution is 2.55. The second-order valence-corrected chi connectivity index (χ2v) is 14.9. The van der Waals surface area contributed by atoms with Crippen LogP contribution in [-0.2, 0) is 12.6 Å². The van der Waals surface area contributed by atoms with Gasteiger partial charge in [-0.3, -0.25) is 4.79 Å². The van der Waals surface area contributed by atoms with E-state index in [1.807, 2.05) is 19.1 Å². The number of benzene rings is 2. The van der Waals surface area contributed by atoms with E-state index in [0.29, 0.717) is 30.3 Å². The molecule has 1 aliphatic heterocycles. The van der Waals surface area contributed by atoms with Crippen molar-refractivity contribution in [2.75, 3.05) is 31.6 Å². The van der Waals surface area contributed by atoms with E-state index in [-0.39, 0.29) is 28.9 Å². The normalized spacial score (nSPS) is 19.6. The molecule has 8 rings (SSSR count). The molecule has 4 aromatic rings. The van der Waals surface area contributed by atoms with Crippen LogP contribution in [-0.4, -0.2) is 53.7 Å². The molecule has 1 saturated heterocycles. The smallest absolute Gasteiger partial charge is 0.417 e. The van der Waals surface area contributed by atoms with Crippen molar-refractivity contribution in [1.82, 2.24) is 15.0 Å². The fourth-order valence-electron chi connectivity index (χ4n) is 8.17. The van der Waals surface area contributed by atoms with Gasteiger partial charge in [0.1, 0.15) is 22.9 Å². The van der Waals surface area contributed by atoms with E-state index < -0.39 is 11.7 Å². The van der Waals surface area contributed by atoms with Crippen LogP contribution in [0.2, 0.25) is 0 Å². The van der Waals surface area contributed by atoms with Gasteiger partial charge in [0.2, 0.25) is 0 Å². The fraction of sp³-hybridized carbons (Fsp3) is 0.513. The molecule has 4 fully saturated rings. The molecule has 49 heavy (non-hydrogen) atoms. The van der Waals surface area contributed by atoms with Crippen LogP contribution in [0.1, 0.15) is 98.0 Å². The summed E-state index contributed by atoms with van der Waals surface area (Å²) in [5.74, 6) is 2.09. The zero-order chi connectivity index (χ0) is 33.9. The molecule has 3 heterocycles. The van der Waals surface area contributed by atoms with Crippen LogP contribution in [0.4, 0.5) is 18.9 Å². The number of aromatic nitrogens is 2. The first-order valence-corrected chi connectivity index (χ1v) is 17.9. The minimum Gasteiger partial charge on any atom is -0.490 e. The Bertz CT molecular complexity index is 1860. The number of rotatable bonds is 9. The molecule has 7 nitrogen and oxygen atoms in total. The number of anilines is 1. The van der Waals surface area contributed by atoms with Crippen molar-refractivity contribution >= 4 is 22.5 Å². The number of halogens is 3. The van der Waals surface area contributed by atoms with Crippen LogP contribution < -0.4 is 9.64 Å². The maximum Gasteiger partial charge on any atom is 0.417 e. The third kappa shape index (κ3) is 6.16. The lowest BCUT2D eigenvalue weighted by molar-refractivity contribution is -0.137. The highest BCUT2D eigenvalue weighted by molar-refractivity contribution is 5.97. The van der Waals surface area contributed by atoms with Crippen molar-refractivity contribution < 1.29 is 27.2 Å². The molecular formula is C39H43F3N4O3. The largest absolute Gasteiger partial charge is 0.490 e. The molecule has 4 aliphatic rings. The monoisotopic (exact) mass is 672 g/mol. The second kappa shape index (κ2) is 12.4. The van der Waals surface area contributed by atoms with Crippen LogP contribution in [0.25, 0.3) is 22.2 Å². The van der Waals surface area contributed by atoms with Gasteiger partial charge >= 0.3 is 6.18 Å². The minimum atomic E-state index is -4.46. The quantitative estimate of drug-likeness (QED) is 0.177. The van der Waals surface area contributed by atoms with Crippen LogP contribution >= 0.6 is 0 Å². The van der Waals surface area contributed by atoms with Gasteiger partial charge in [-0.2, -0.15) is 13.2 Å². The Morgan fingerprint density at radius 1 is 1.06 bits per heavy atom. The molecule has 0 N–H and O–H groups in total. The molecule has 0 atom stereocenters. The predicted octanol–water partition coefficient (Wildman–Crippen LogP) is 9.05. The number of nitrogens with zero attached hydrogens (tertiary/aromatic N) is 4. The second-order valence-electron chi connectivity index (χ2n) is 14.9. The fourth-order valence-corrected chi connectivity index (χ4v) is 8.17. The van der Waals surface area contributed by atoms with Crippen molar-refractivity contribution in [2.24, 2.45) is 11.3 Å². The van der Waals surface area contributed by atoms with E-state index in [0.717, 1.165) is 111 Å². The molecule has 2 aromatic heterocycles. The van der Waals surface area contributed by atoms with Crippen molar-refractivity contribution in [3.8, 4) is 17.0 Å². The topological polar surface area (TPSA) is 71.7 Å². The molecule has 0 unspecified atom stereocenters. The van der Waals surface area contributed by atoms with Crippen molar-refractivity contribution in [3.05, 3.63) is 71.1 Å². The Labute approximate surface area is 284 Å². The van der Waals surface area contributed by atoms with Crippen molar-refractivity contribution in [2.45, 2.75) is 89.3 Å². The number of carbonyl (C=O) groups excluding carboxylic acids is 1. The summed E-state index contributed by atoms with van der Waals surface area (Å²) in [4.78, 5) is 21.8. The first-order chi connectivity index (χ1) is 23.6. The summed E-state index contributed by atoms with van der Waals surface area (Å²) in [5.41, 5.74) is 3.28. The highest BCUT2D eigenvalue weighted by Gasteiger charge is 2.47. The SMILES string of the molecule is CCN(C)C(=O)c1cc(OC2CCC2)c2cc(N3CCC4(CC3)CC(Cc3c(-c5ccccc5C(F)(F)F)noc3C3CC3)C4)ccc2n1. The van der Waals surface area contributed by atoms with Gasteiger partial charge in [0, 0.05) is 60.9 Å². The van der Waals surface area contributed by atoms with Crippen LogP contribution in [0.5, 0.6) is 5.75 Å². The molecule has 258 valence electrons. The van der Waals surface area contributed by atoms with Crippen LogP contribution in [0.15, 0.2) is 53.1 Å². The summed E-state index contributed by atoms with van der Waals surface area (Å²) >= 11 is 0. The summed E-state index contributed by atoms with van der Waals surface area (Å²) in [5, 5.41) is 5.18. The van der Waals surface area contributed by atoms with Gasteiger partial charge in [0.25, 0.3) is 5.91 Å². The Balaban J connectivity index is 0.965. The van der Waals surface area contributed by atoms with Crippen molar-refractivity contribution in [1.29, 1.82) is 0 Å². The Morgan fingerprint density at radius 3 is 2.49 bits per heavy atom. The summed E-state index contributed by atoms with van der Waals surface area (Å²) in [6, 6.07) is 13.8. The first kappa shape index (κ1) is 32.1. The number of carbonyl (C=O) groups is 1. The van der Waals surface area contributed by atoms with E-state index in [2.05, 4.69) is 22.2 Å². The van der Waals surface area contributed by atoms with Gasteiger partial charge in [-0.15, -0.1) is 0 Å². The molecule has 2 aromatic carbocycles. The highest BCUT2D eigenvalue weighted by atomic mass is 19.4. The lowest BCUT2D eigenvalue weighted by Crippen LogP contribution is -2.47. The molecule has 1 spiro atoms. The van der Waals surface area contributed by atoms with Gasteiger partial charge < -0.3 is 19.1 Å². The third-order valence-corrected chi connectivity index (χ3v) is 11.5. The standard InChI is InChI=1S/C39H43F3N4O3/c1-3-45(2)37(47)33-21-34(48-27-7-6-8-27)29-20-26(13-14-32(29)43-33)46-17-15-38(16-18-46)22-24(23-38)19-30-35(44-49-36(30)25-11-12-25)28-9-4-5-10-31(28)39(40,41)42/h4-5,9-10,13-14,20-21,24-25,27H,3,6-8,11-12,15-19,22-23H2,1-2H3. The maximum atomic E-state index is 13.9. The first-order valence-electron chi connectivity index (χ1n) is 17.9. The molecule has 10 heteroatoms. The van der Waals surface area contributed by atoms with E-state index in [1.54, 1.807) is 18.0 Å². The Hall–Kier alpha value is -4.08. The zero-order valence-electron chi connectivity index (χ0n) is 28.2. The average molecular weight is 673 g/mol. The van der Waals surface area contributed by atoms with Gasteiger partial charge in [-0.1, -0.05) is 23.4 Å². The summed E-state index contributed by atoms with van der Waals surface area (Å²) < 4.78 is 54.0. The minimum absolute atomic E-state index is 0.109. The molecule has 1 amide bonds. The van der Waals surface area contributed by atoms with Crippen LogP contribution in [0.3, 0.4) is 0 Å². The lowest BCUT2D eigenvalue weighted by atomic mass is 9.56. The number of hydrogen-bond donors (Lipinski definition) is 0. The van der Waals surface area contributed by atoms with E-state index in [1.165, 1.54) is 12.1 Å². The molecule has 3 saturated carbocycles. The van der Waals surface area contributed by atoms with Gasteiger partial charge in [-0.25, -0.2) is 4.98 Å². The lowest BCUT2D eigenvalue weighted by Gasteiger charge is -2.53. The third-order valence-electron chi connectivity index (χ3n) is 11.5. The number of amides is 1. The maximum absolute atomic E-state index is 13.9. The van der Waals surface area contributed by atoms with Crippen molar-refractivity contribution in [3.63, 3.8) is 0 Å². The number of piperidine rings is 1. The summed E-state index contributed by atoms with van der Waals surface area (Å²) in [6.45, 7) is 4.43. The molecule has 3 aliphatic carbocycles. The Kier molecular flexibility index (Phi) is 8.11. The van der Waals surface area contributed by atoms with Gasteiger partial charge in [0.05, 0.1) is 17.2 Å². The number of pyridine rings is 1. The number of alkyl halides is 3. The number of hydrogen-bond acceptors (Lipinski definition) is 6. The summed E-state index contributed by atoms with van der Waals surface area (Å²) in [7, 11) is 1.78. The molecule has 0 bridgehead atoms. The van der Waals surface area contributed by atoms with Gasteiger partial charge in [-0.05, 0) is 107 Å². The van der Waals surface area contributed by atoms with E-state index in [9.17, 15) is 18.0 Å². The summed E-state index contributed by atoms with van der Waals surface area (Å²) in [6.07, 6.45) is 5.93. The number of ether oxygens (including phenoxy) is 1. The zero-order valence-corrected chi connectivity index (χ0v) is 28.2. The predicted molar refractivity (Wildman–Crippen MR) is 182 cm³/mol. The molecular weight excluding hydrogens is 629 g/mol. The van der Waals surface area contributed by atoms with Crippen LogP contribution in [0, 0.1) is 11.3 Å². The number of fused-ring (bicyclic) bond motifs is 1. The van der Waals surface area contributed by atoms with E-state index >= 15 is 0 Å².